The van der Waals surface area contributed by atoms with Crippen LogP contribution in [0.5, 0.6) is 0 Å². The average molecular weight is 298 g/mol. The van der Waals surface area contributed by atoms with Gasteiger partial charge in [-0.1, -0.05) is 18.2 Å². The van der Waals surface area contributed by atoms with Crippen molar-refractivity contribution in [2.24, 2.45) is 0 Å². The lowest BCUT2D eigenvalue weighted by Gasteiger charge is -2.32. The molecule has 1 aliphatic heterocycles. The molecule has 4 nitrogen and oxygen atoms in total. The van der Waals surface area contributed by atoms with Crippen molar-refractivity contribution in [3.8, 4) is 11.3 Å². The summed E-state index contributed by atoms with van der Waals surface area (Å²) >= 11 is 0. The minimum atomic E-state index is -0.477. The molecule has 1 saturated heterocycles. The van der Waals surface area contributed by atoms with Gasteiger partial charge in [-0.15, -0.1) is 0 Å². The number of carbonyl (C=O) groups excluding carboxylic acids is 1. The van der Waals surface area contributed by atoms with Crippen molar-refractivity contribution in [3.63, 3.8) is 0 Å². The van der Waals surface area contributed by atoms with Crippen LogP contribution in [-0.4, -0.2) is 24.6 Å². The van der Waals surface area contributed by atoms with E-state index in [1.54, 1.807) is 18.4 Å². The van der Waals surface area contributed by atoms with E-state index in [0.717, 1.165) is 17.3 Å². The Morgan fingerprint density at radius 3 is 2.27 bits per heavy atom. The topological polar surface area (TPSA) is 48.7 Å². The van der Waals surface area contributed by atoms with E-state index in [9.17, 15) is 4.79 Å². The van der Waals surface area contributed by atoms with Gasteiger partial charge in [0, 0.05) is 11.1 Å². The molecule has 0 saturated carbocycles. The van der Waals surface area contributed by atoms with E-state index in [1.165, 1.54) is 0 Å². The van der Waals surface area contributed by atoms with Gasteiger partial charge in [0.25, 0.3) is 0 Å². The second kappa shape index (κ2) is 5.11. The molecule has 0 amide bonds. The molecular formula is C17H19BO4. The second-order valence-electron chi connectivity index (χ2n) is 6.53. The summed E-state index contributed by atoms with van der Waals surface area (Å²) in [7, 11) is -0.477. The summed E-state index contributed by atoms with van der Waals surface area (Å²) in [6.07, 6.45) is 2.42. The summed E-state index contributed by atoms with van der Waals surface area (Å²) in [4.78, 5) is 11.4. The molecule has 5 heteroatoms. The molecule has 0 radical (unpaired) electrons. The molecule has 22 heavy (non-hydrogen) atoms. The maximum absolute atomic E-state index is 11.4. The van der Waals surface area contributed by atoms with Crippen LogP contribution in [0.3, 0.4) is 0 Å². The number of aldehydes is 1. The van der Waals surface area contributed by atoms with Crippen molar-refractivity contribution in [2.75, 3.05) is 0 Å². The predicted octanol–water partition coefficient (Wildman–Crippen LogP) is 3.06. The first-order valence-electron chi connectivity index (χ1n) is 7.33. The fourth-order valence-corrected chi connectivity index (χ4v) is 2.46. The van der Waals surface area contributed by atoms with E-state index in [-0.39, 0.29) is 0 Å². The first-order chi connectivity index (χ1) is 10.3. The highest BCUT2D eigenvalue weighted by atomic mass is 16.7. The molecule has 0 aliphatic carbocycles. The first-order valence-corrected chi connectivity index (χ1v) is 7.33. The average Bonchev–Trinajstić information content (AvgIpc) is 3.05. The minimum absolute atomic E-state index is 0.404. The van der Waals surface area contributed by atoms with Gasteiger partial charge in [0.2, 0.25) is 0 Å². The van der Waals surface area contributed by atoms with Crippen LogP contribution in [0.2, 0.25) is 0 Å². The van der Waals surface area contributed by atoms with Crippen molar-refractivity contribution in [1.82, 2.24) is 0 Å². The highest BCUT2D eigenvalue weighted by Crippen LogP contribution is 2.36. The Labute approximate surface area is 130 Å². The summed E-state index contributed by atoms with van der Waals surface area (Å²) in [5.74, 6) is 0.669. The van der Waals surface area contributed by atoms with Crippen LogP contribution in [-0.2, 0) is 9.31 Å². The Hall–Kier alpha value is -1.85. The first kappa shape index (κ1) is 15.1. The number of carbonyl (C=O) groups is 1. The van der Waals surface area contributed by atoms with Crippen molar-refractivity contribution >= 4 is 18.9 Å². The molecule has 1 aromatic heterocycles. The van der Waals surface area contributed by atoms with Crippen LogP contribution in [0.25, 0.3) is 11.3 Å². The lowest BCUT2D eigenvalue weighted by atomic mass is 9.77. The summed E-state index contributed by atoms with van der Waals surface area (Å²) in [6, 6.07) is 9.20. The van der Waals surface area contributed by atoms with Gasteiger partial charge in [0.15, 0.2) is 6.29 Å². The molecule has 0 atom stereocenters. The van der Waals surface area contributed by atoms with Gasteiger partial charge in [-0.2, -0.15) is 0 Å². The van der Waals surface area contributed by atoms with Gasteiger partial charge in [-0.05, 0) is 45.3 Å². The highest BCUT2D eigenvalue weighted by Gasteiger charge is 2.51. The largest absolute Gasteiger partial charge is 0.494 e. The number of hydrogen-bond donors (Lipinski definition) is 0. The lowest BCUT2D eigenvalue weighted by Crippen LogP contribution is -2.41. The van der Waals surface area contributed by atoms with E-state index < -0.39 is 18.3 Å². The predicted molar refractivity (Wildman–Crippen MR) is 85.2 cm³/mol. The zero-order chi connectivity index (χ0) is 16.0. The minimum Gasteiger partial charge on any atom is -0.464 e. The van der Waals surface area contributed by atoms with Gasteiger partial charge < -0.3 is 13.7 Å². The maximum Gasteiger partial charge on any atom is 0.494 e. The Bertz CT molecular complexity index is 673. The Balaban J connectivity index is 1.96. The Morgan fingerprint density at radius 2 is 1.73 bits per heavy atom. The van der Waals surface area contributed by atoms with Crippen LogP contribution in [0, 0.1) is 0 Å². The fourth-order valence-electron chi connectivity index (χ4n) is 2.46. The highest BCUT2D eigenvalue weighted by molar-refractivity contribution is 6.62. The van der Waals surface area contributed by atoms with E-state index in [4.69, 9.17) is 13.7 Å². The monoisotopic (exact) mass is 298 g/mol. The van der Waals surface area contributed by atoms with Crippen LogP contribution in [0.4, 0.5) is 0 Å². The molecule has 0 spiro atoms. The van der Waals surface area contributed by atoms with Crippen LogP contribution in [0.1, 0.15) is 38.1 Å². The lowest BCUT2D eigenvalue weighted by molar-refractivity contribution is 0.00578. The zero-order valence-electron chi connectivity index (χ0n) is 13.3. The standard InChI is InChI=1S/C17H19BO4/c1-16(2)17(3,4)22-18(21-16)13-7-8-14(12(10-13)11-19)15-6-5-9-20-15/h5-11H,1-4H3. The molecule has 1 aromatic carbocycles. The van der Waals surface area contributed by atoms with Gasteiger partial charge in [-0.25, -0.2) is 0 Å². The van der Waals surface area contributed by atoms with Crippen molar-refractivity contribution in [3.05, 3.63) is 42.2 Å². The third-order valence-corrected chi connectivity index (χ3v) is 4.51. The molecule has 0 N–H and O–H groups in total. The normalized spacial score (nSPS) is 19.4. The summed E-state index contributed by atoms with van der Waals surface area (Å²) in [6.45, 7) is 8.02. The third-order valence-electron chi connectivity index (χ3n) is 4.51. The van der Waals surface area contributed by atoms with Crippen LogP contribution in [0.15, 0.2) is 41.0 Å². The molecule has 1 fully saturated rings. The molecule has 1 aliphatic rings. The molecule has 2 heterocycles. The van der Waals surface area contributed by atoms with Crippen LogP contribution >= 0.6 is 0 Å². The SMILES string of the molecule is CC1(C)OB(c2ccc(-c3ccco3)c(C=O)c2)OC1(C)C. The smallest absolute Gasteiger partial charge is 0.464 e. The van der Waals surface area contributed by atoms with Gasteiger partial charge in [0.05, 0.1) is 17.5 Å². The number of benzene rings is 1. The molecule has 0 bridgehead atoms. The number of rotatable bonds is 3. The van der Waals surface area contributed by atoms with E-state index >= 15 is 0 Å². The fraction of sp³-hybridized carbons (Fsp3) is 0.353. The van der Waals surface area contributed by atoms with E-state index in [0.29, 0.717) is 11.3 Å². The van der Waals surface area contributed by atoms with Gasteiger partial charge in [0.1, 0.15) is 5.76 Å². The quantitative estimate of drug-likeness (QED) is 0.645. The second-order valence-corrected chi connectivity index (χ2v) is 6.53. The summed E-state index contributed by atoms with van der Waals surface area (Å²) in [5.41, 5.74) is 1.34. The molecule has 3 rings (SSSR count). The molecular weight excluding hydrogens is 279 g/mol. The van der Waals surface area contributed by atoms with E-state index in [2.05, 4.69) is 0 Å². The van der Waals surface area contributed by atoms with Crippen LogP contribution < -0.4 is 5.46 Å². The number of hydrogen-bond acceptors (Lipinski definition) is 4. The molecule has 2 aromatic rings. The Kier molecular flexibility index (Phi) is 3.50. The zero-order valence-corrected chi connectivity index (χ0v) is 13.3. The van der Waals surface area contributed by atoms with Crippen molar-refractivity contribution in [1.29, 1.82) is 0 Å². The van der Waals surface area contributed by atoms with Crippen molar-refractivity contribution < 1.29 is 18.5 Å². The van der Waals surface area contributed by atoms with Crippen molar-refractivity contribution in [2.45, 2.75) is 38.9 Å². The molecule has 0 unspecified atom stereocenters. The Morgan fingerprint density at radius 1 is 1.05 bits per heavy atom. The molecule has 114 valence electrons. The maximum atomic E-state index is 11.4. The third kappa shape index (κ3) is 2.40. The van der Waals surface area contributed by atoms with Gasteiger partial charge >= 0.3 is 7.12 Å². The summed E-state index contributed by atoms with van der Waals surface area (Å²) in [5, 5.41) is 0. The van der Waals surface area contributed by atoms with Gasteiger partial charge in [-0.3, -0.25) is 4.79 Å². The van der Waals surface area contributed by atoms with E-state index in [1.807, 2.05) is 45.9 Å². The summed E-state index contributed by atoms with van der Waals surface area (Å²) < 4.78 is 17.4. The number of furan rings is 1.